The van der Waals surface area contributed by atoms with Gasteiger partial charge in [-0.05, 0) is 98.7 Å². The minimum atomic E-state index is -1.76. The zero-order chi connectivity index (χ0) is 51.9. The van der Waals surface area contributed by atoms with Crippen molar-refractivity contribution < 1.29 is 109 Å². The lowest BCUT2D eigenvalue weighted by molar-refractivity contribution is -0.390. The molecule has 22 heteroatoms. The van der Waals surface area contributed by atoms with Crippen LogP contribution in [0.15, 0.2) is 11.6 Å². The molecule has 3 saturated carbocycles. The lowest BCUT2D eigenvalue weighted by Crippen LogP contribution is -2.66. The molecule has 13 N–H and O–H groups in total. The van der Waals surface area contributed by atoms with E-state index >= 15 is 0 Å². The lowest BCUT2D eigenvalue weighted by atomic mass is 9.47. The minimum absolute atomic E-state index is 0.0620. The molecule has 4 aliphatic carbocycles. The highest BCUT2D eigenvalue weighted by molar-refractivity contribution is 5.26. The molecule has 8 fully saturated rings. The van der Waals surface area contributed by atoms with Crippen LogP contribution in [0.2, 0.25) is 0 Å². The predicted molar refractivity (Wildman–Crippen MR) is 244 cm³/mol. The first-order valence-electron chi connectivity index (χ1n) is 26.3. The van der Waals surface area contributed by atoms with Gasteiger partial charge in [-0.15, -0.1) is 0 Å². The Morgan fingerprint density at radius 1 is 0.694 bits per heavy atom. The molecule has 0 aromatic carbocycles. The maximum absolute atomic E-state index is 12.1. The Bertz CT molecular complexity index is 1860. The minimum Gasteiger partial charge on any atom is -0.394 e. The summed E-state index contributed by atoms with van der Waals surface area (Å²) in [7, 11) is 0. The van der Waals surface area contributed by atoms with Crippen LogP contribution >= 0.6 is 0 Å². The fourth-order valence-corrected chi connectivity index (χ4v) is 14.7. The van der Waals surface area contributed by atoms with Crippen LogP contribution < -0.4 is 0 Å². The lowest BCUT2D eigenvalue weighted by Gasteiger charge is -2.58. The van der Waals surface area contributed by atoms with Crippen LogP contribution in [-0.2, 0) is 42.6 Å². The molecule has 5 heterocycles. The number of hydrogen-bond donors (Lipinski definition) is 13. The summed E-state index contributed by atoms with van der Waals surface area (Å²) in [6, 6.07) is 0. The number of fused-ring (bicyclic) bond motifs is 7. The summed E-state index contributed by atoms with van der Waals surface area (Å²) in [6.45, 7) is 8.79. The maximum Gasteiger partial charge on any atom is 0.187 e. The molecule has 0 aromatic heterocycles. The first-order valence-corrected chi connectivity index (χ1v) is 26.3. The van der Waals surface area contributed by atoms with Gasteiger partial charge >= 0.3 is 0 Å². The summed E-state index contributed by atoms with van der Waals surface area (Å²) in [5.41, 5.74) is 1.05. The monoisotopic (exact) mass is 1030 g/mol. The molecule has 0 bridgehead atoms. The maximum atomic E-state index is 12.1. The zero-order valence-corrected chi connectivity index (χ0v) is 41.8. The smallest absolute Gasteiger partial charge is 0.187 e. The van der Waals surface area contributed by atoms with Crippen molar-refractivity contribution in [3.05, 3.63) is 11.6 Å². The van der Waals surface area contributed by atoms with Crippen molar-refractivity contribution in [3.63, 3.8) is 0 Å². The van der Waals surface area contributed by atoms with Crippen molar-refractivity contribution in [2.45, 2.75) is 227 Å². The van der Waals surface area contributed by atoms with E-state index < -0.39 is 148 Å². The third-order valence-corrected chi connectivity index (χ3v) is 19.1. The molecule has 5 aliphatic heterocycles. The SMILES string of the molecule is C[C@H](CC[C@@]1(O)O[C@H]2C[C@H]3[C@@H]4CC=C5C[C@@H](O[C@@H]6O[C@H](CO)[C@@H](O)[C@H](O[C@@H]7OC[C@H](O)[C@H](O)[C@H]7O)[C@H]6O[C@@H]6O[C@@H](C)[C@H](O)[C@@H](O)[C@H]6O)CC[C@]5(C)[C@H]4CC[C@]3(C)[C@H]2[C@@H]1C)CO[C@@H]1O[C@H](CO)[C@@H](O)[C@H](O)[C@H]1O. The summed E-state index contributed by atoms with van der Waals surface area (Å²) < 4.78 is 54.6. The van der Waals surface area contributed by atoms with Gasteiger partial charge in [-0.2, -0.15) is 0 Å². The van der Waals surface area contributed by atoms with Gasteiger partial charge in [0.25, 0.3) is 0 Å². The highest BCUT2D eigenvalue weighted by atomic mass is 16.8. The molecule has 5 saturated heterocycles. The number of allylic oxidation sites excluding steroid dienone is 1. The summed E-state index contributed by atoms with van der Waals surface area (Å²) in [5, 5.41) is 138. The summed E-state index contributed by atoms with van der Waals surface area (Å²) in [5.74, 6) is -0.253. The van der Waals surface area contributed by atoms with Crippen LogP contribution in [0.25, 0.3) is 0 Å². The average Bonchev–Trinajstić information content (AvgIpc) is 3.80. The standard InChI is InChI=1S/C50H82O22/c1-20(18-64-44-40(61)38(59)35(56)30(16-51)68-44)8-13-50(63)21(2)32-29(72-50)15-27-25-7-6-23-14-24(9-11-48(23,4)26(25)10-12-49(27,32)5)67-47-43(71-46-41(62)37(58)33(54)22(3)66-46)42(36(57)31(17-52)69-47)70-45-39(60)34(55)28(53)19-65-45/h6,20-22,24-47,51-63H,7-19H2,1-5H3/t20-,21+,22+,24+,25-,26+,27+,28+,29+,30-,31-,32+,33+,34+,35-,36-,37-,38+,39-,40-,41-,42+,43-,44-,45+,46+,47-,48+,49+,50-/m1/s1. The number of aliphatic hydroxyl groups excluding tert-OH is 12. The second-order valence-electron chi connectivity index (χ2n) is 23.4. The highest BCUT2D eigenvalue weighted by Gasteiger charge is 2.68. The molecule has 414 valence electrons. The van der Waals surface area contributed by atoms with Gasteiger partial charge in [0.1, 0.15) is 85.5 Å². The highest BCUT2D eigenvalue weighted by Crippen LogP contribution is 2.70. The average molecular weight is 1040 g/mol. The molecule has 0 unspecified atom stereocenters. The fraction of sp³-hybridized carbons (Fsp3) is 0.960. The van der Waals surface area contributed by atoms with Crippen molar-refractivity contribution in [3.8, 4) is 0 Å². The molecule has 0 amide bonds. The molecule has 0 radical (unpaired) electrons. The van der Waals surface area contributed by atoms with Gasteiger partial charge in [0.15, 0.2) is 30.9 Å². The summed E-state index contributed by atoms with van der Waals surface area (Å²) >= 11 is 0. The van der Waals surface area contributed by atoms with Gasteiger partial charge in [-0.25, -0.2) is 0 Å². The first-order chi connectivity index (χ1) is 34.0. The van der Waals surface area contributed by atoms with E-state index in [0.717, 1.165) is 32.1 Å². The molecule has 9 aliphatic rings. The number of rotatable bonds is 14. The van der Waals surface area contributed by atoms with E-state index in [2.05, 4.69) is 26.8 Å². The summed E-state index contributed by atoms with van der Waals surface area (Å²) in [4.78, 5) is 0. The Balaban J connectivity index is 0.856. The van der Waals surface area contributed by atoms with E-state index in [9.17, 15) is 66.4 Å². The third-order valence-electron chi connectivity index (χ3n) is 19.1. The second kappa shape index (κ2) is 21.6. The van der Waals surface area contributed by atoms with Crippen LogP contribution in [0.1, 0.15) is 92.4 Å². The quantitative estimate of drug-likeness (QED) is 0.0809. The molecule has 0 aromatic rings. The Kier molecular flexibility index (Phi) is 16.7. The van der Waals surface area contributed by atoms with E-state index in [1.165, 1.54) is 12.5 Å². The van der Waals surface area contributed by atoms with Crippen molar-refractivity contribution in [1.29, 1.82) is 0 Å². The van der Waals surface area contributed by atoms with E-state index in [0.29, 0.717) is 43.4 Å². The van der Waals surface area contributed by atoms with Gasteiger partial charge in [-0.1, -0.05) is 39.3 Å². The van der Waals surface area contributed by atoms with Crippen molar-refractivity contribution >= 4 is 0 Å². The Labute approximate surface area is 419 Å². The molecular formula is C50H82O22. The number of aliphatic hydroxyl groups is 13. The van der Waals surface area contributed by atoms with E-state index in [1.54, 1.807) is 0 Å². The summed E-state index contributed by atoms with van der Waals surface area (Å²) in [6.07, 6.45) is -19.6. The van der Waals surface area contributed by atoms with Crippen LogP contribution in [0.3, 0.4) is 0 Å². The van der Waals surface area contributed by atoms with Crippen LogP contribution in [-0.4, -0.2) is 228 Å². The fourth-order valence-electron chi connectivity index (χ4n) is 14.7. The van der Waals surface area contributed by atoms with Gasteiger partial charge in [-0.3, -0.25) is 0 Å². The molecule has 30 atom stereocenters. The van der Waals surface area contributed by atoms with Crippen LogP contribution in [0.5, 0.6) is 0 Å². The van der Waals surface area contributed by atoms with Gasteiger partial charge < -0.3 is 109 Å². The largest absolute Gasteiger partial charge is 0.394 e. The van der Waals surface area contributed by atoms with Crippen molar-refractivity contribution in [2.75, 3.05) is 26.4 Å². The molecular weight excluding hydrogens is 953 g/mol. The van der Waals surface area contributed by atoms with Gasteiger partial charge in [0.2, 0.25) is 0 Å². The number of ether oxygens (including phenoxy) is 9. The predicted octanol–water partition coefficient (Wildman–Crippen LogP) is -2.37. The molecule has 0 spiro atoms. The first kappa shape index (κ1) is 55.6. The van der Waals surface area contributed by atoms with E-state index in [1.807, 2.05) is 6.92 Å². The Hall–Kier alpha value is -1.14. The van der Waals surface area contributed by atoms with Crippen molar-refractivity contribution in [1.82, 2.24) is 0 Å². The Morgan fingerprint density at radius 2 is 1.35 bits per heavy atom. The second-order valence-corrected chi connectivity index (χ2v) is 23.4. The van der Waals surface area contributed by atoms with Gasteiger partial charge in [0, 0.05) is 12.3 Å². The molecule has 22 nitrogen and oxygen atoms in total. The topological polar surface area (TPSA) is 346 Å². The van der Waals surface area contributed by atoms with Crippen LogP contribution in [0, 0.1) is 46.3 Å². The normalized spacial score (nSPS) is 55.1. The van der Waals surface area contributed by atoms with E-state index in [4.69, 9.17) is 42.6 Å². The van der Waals surface area contributed by atoms with Crippen molar-refractivity contribution in [2.24, 2.45) is 46.3 Å². The zero-order valence-electron chi connectivity index (χ0n) is 41.8. The third kappa shape index (κ3) is 9.91. The number of hydrogen-bond acceptors (Lipinski definition) is 22. The van der Waals surface area contributed by atoms with Gasteiger partial charge in [0.05, 0.1) is 44.7 Å². The van der Waals surface area contributed by atoms with E-state index in [-0.39, 0.29) is 41.3 Å². The Morgan fingerprint density at radius 3 is 2.07 bits per heavy atom. The molecule has 9 rings (SSSR count). The molecule has 72 heavy (non-hydrogen) atoms. The van der Waals surface area contributed by atoms with Crippen LogP contribution in [0.4, 0.5) is 0 Å².